The predicted molar refractivity (Wildman–Crippen MR) is 104 cm³/mol. The van der Waals surface area contributed by atoms with Crippen LogP contribution in [0.2, 0.25) is 0 Å². The summed E-state index contributed by atoms with van der Waals surface area (Å²) >= 11 is 0. The van der Waals surface area contributed by atoms with Crippen LogP contribution in [0.1, 0.15) is 24.8 Å². The molecule has 0 aliphatic carbocycles. The van der Waals surface area contributed by atoms with Crippen LogP contribution in [-0.4, -0.2) is 53.6 Å². The first-order chi connectivity index (χ1) is 13.2. The molecule has 2 bridgehead atoms. The summed E-state index contributed by atoms with van der Waals surface area (Å²) in [6, 6.07) is 8.24. The van der Waals surface area contributed by atoms with E-state index in [-0.39, 0.29) is 11.9 Å². The lowest BCUT2D eigenvalue weighted by atomic mass is 9.94. The lowest BCUT2D eigenvalue weighted by Gasteiger charge is -2.36. The summed E-state index contributed by atoms with van der Waals surface area (Å²) in [6.45, 7) is 2.66. The molecule has 4 heterocycles. The van der Waals surface area contributed by atoms with Gasteiger partial charge in [0.05, 0.1) is 13.3 Å². The molecular weight excluding hydrogens is 340 g/mol. The Balaban J connectivity index is 1.41. The first-order valence-electron chi connectivity index (χ1n) is 9.66. The van der Waals surface area contributed by atoms with Crippen LogP contribution in [0.25, 0.3) is 0 Å². The van der Waals surface area contributed by atoms with Gasteiger partial charge in [0.1, 0.15) is 11.6 Å². The van der Waals surface area contributed by atoms with Gasteiger partial charge in [-0.1, -0.05) is 12.1 Å². The van der Waals surface area contributed by atoms with Crippen molar-refractivity contribution in [2.24, 2.45) is 5.92 Å². The average molecular weight is 366 g/mol. The van der Waals surface area contributed by atoms with Crippen LogP contribution in [0.3, 0.4) is 0 Å². The van der Waals surface area contributed by atoms with Crippen molar-refractivity contribution in [2.45, 2.75) is 31.7 Å². The van der Waals surface area contributed by atoms with E-state index in [1.165, 1.54) is 6.42 Å². The standard InChI is InChI=1S/C21H26N4O2/c1-27-19-4-2-3-16(11-19)6-8-21(26)25-14-17-5-7-18(25)15-24(13-17)20-12-22-9-10-23-20/h2-4,9-12,17-18H,5-8,13-15H2,1H3/t17-,18+/m0/s1. The van der Waals surface area contributed by atoms with Crippen molar-refractivity contribution in [2.75, 3.05) is 31.6 Å². The highest BCUT2D eigenvalue weighted by Crippen LogP contribution is 2.30. The maximum Gasteiger partial charge on any atom is 0.223 e. The van der Waals surface area contributed by atoms with E-state index in [4.69, 9.17) is 4.74 Å². The summed E-state index contributed by atoms with van der Waals surface area (Å²) in [4.78, 5) is 26.0. The Morgan fingerprint density at radius 1 is 1.22 bits per heavy atom. The van der Waals surface area contributed by atoms with Crippen LogP contribution in [0, 0.1) is 5.92 Å². The van der Waals surface area contributed by atoms with Crippen molar-refractivity contribution < 1.29 is 9.53 Å². The molecule has 142 valence electrons. The number of piperidine rings is 1. The van der Waals surface area contributed by atoms with Gasteiger partial charge >= 0.3 is 0 Å². The van der Waals surface area contributed by atoms with Crippen LogP contribution < -0.4 is 9.64 Å². The number of benzene rings is 1. The highest BCUT2D eigenvalue weighted by molar-refractivity contribution is 5.77. The van der Waals surface area contributed by atoms with Gasteiger partial charge in [-0.3, -0.25) is 9.78 Å². The molecular formula is C21H26N4O2. The molecule has 3 saturated heterocycles. The summed E-state index contributed by atoms with van der Waals surface area (Å²) in [5.74, 6) is 2.52. The number of hydrogen-bond donors (Lipinski definition) is 0. The molecule has 6 heteroatoms. The Labute approximate surface area is 160 Å². The molecule has 0 saturated carbocycles. The van der Waals surface area contributed by atoms with Crippen LogP contribution in [0.15, 0.2) is 42.9 Å². The predicted octanol–water partition coefficient (Wildman–Crippen LogP) is 2.55. The third kappa shape index (κ3) is 4.04. The Hall–Kier alpha value is -2.63. The highest BCUT2D eigenvalue weighted by atomic mass is 16.5. The Morgan fingerprint density at radius 2 is 2.15 bits per heavy atom. The molecule has 27 heavy (non-hydrogen) atoms. The van der Waals surface area contributed by atoms with Gasteiger partial charge < -0.3 is 14.5 Å². The molecule has 0 spiro atoms. The van der Waals surface area contributed by atoms with E-state index < -0.39 is 0 Å². The number of amides is 1. The third-order valence-electron chi connectivity index (χ3n) is 5.67. The SMILES string of the molecule is COc1cccc(CCC(=O)N2C[C@H]3CC[C@@H]2CN(c2cnccn2)C3)c1. The largest absolute Gasteiger partial charge is 0.497 e. The number of aromatic nitrogens is 2. The second-order valence-electron chi connectivity index (χ2n) is 7.46. The smallest absolute Gasteiger partial charge is 0.223 e. The van der Waals surface area contributed by atoms with Gasteiger partial charge in [-0.25, -0.2) is 4.98 Å². The van der Waals surface area contributed by atoms with Gasteiger partial charge in [0.2, 0.25) is 5.91 Å². The lowest BCUT2D eigenvalue weighted by Crippen LogP contribution is -2.47. The van der Waals surface area contributed by atoms with Crippen molar-refractivity contribution in [3.63, 3.8) is 0 Å². The number of methoxy groups -OCH3 is 1. The second kappa shape index (κ2) is 7.94. The lowest BCUT2D eigenvalue weighted by molar-refractivity contribution is -0.135. The number of ether oxygens (including phenoxy) is 1. The van der Waals surface area contributed by atoms with E-state index >= 15 is 0 Å². The zero-order valence-corrected chi connectivity index (χ0v) is 15.8. The maximum atomic E-state index is 13.0. The molecule has 6 nitrogen and oxygen atoms in total. The van der Waals surface area contributed by atoms with Gasteiger partial charge in [-0.15, -0.1) is 0 Å². The monoisotopic (exact) mass is 366 g/mol. The molecule has 0 N–H and O–H groups in total. The van der Waals surface area contributed by atoms with Crippen molar-refractivity contribution in [3.8, 4) is 5.75 Å². The minimum absolute atomic E-state index is 0.258. The molecule has 3 fully saturated rings. The molecule has 3 aliphatic rings. The number of aryl methyl sites for hydroxylation is 1. The number of rotatable bonds is 5. The summed E-state index contributed by atoms with van der Waals surface area (Å²) in [5, 5.41) is 0. The minimum Gasteiger partial charge on any atom is -0.497 e. The van der Waals surface area contributed by atoms with E-state index in [2.05, 4.69) is 25.8 Å². The van der Waals surface area contributed by atoms with Crippen LogP contribution in [0.4, 0.5) is 5.82 Å². The van der Waals surface area contributed by atoms with E-state index in [9.17, 15) is 4.79 Å². The van der Waals surface area contributed by atoms with Crippen LogP contribution in [-0.2, 0) is 11.2 Å². The van der Waals surface area contributed by atoms with Crippen molar-refractivity contribution in [1.29, 1.82) is 0 Å². The first-order valence-corrected chi connectivity index (χ1v) is 9.66. The van der Waals surface area contributed by atoms with Crippen molar-refractivity contribution >= 4 is 11.7 Å². The van der Waals surface area contributed by atoms with E-state index in [0.717, 1.165) is 49.6 Å². The normalized spacial score (nSPS) is 21.8. The molecule has 0 unspecified atom stereocenters. The molecule has 0 radical (unpaired) electrons. The van der Waals surface area contributed by atoms with E-state index in [1.54, 1.807) is 19.5 Å². The van der Waals surface area contributed by atoms with Gasteiger partial charge in [-0.2, -0.15) is 0 Å². The summed E-state index contributed by atoms with van der Waals surface area (Å²) in [7, 11) is 1.67. The van der Waals surface area contributed by atoms with Crippen molar-refractivity contribution in [1.82, 2.24) is 14.9 Å². The number of nitrogens with zero attached hydrogens (tertiary/aromatic N) is 4. The fourth-order valence-corrected chi connectivity index (χ4v) is 4.25. The zero-order chi connectivity index (χ0) is 18.6. The fraction of sp³-hybridized carbons (Fsp3) is 0.476. The molecule has 1 aromatic carbocycles. The summed E-state index contributed by atoms with van der Waals surface area (Å²) in [6.07, 6.45) is 8.80. The van der Waals surface area contributed by atoms with E-state index in [0.29, 0.717) is 12.3 Å². The van der Waals surface area contributed by atoms with Gasteiger partial charge in [-0.05, 0) is 42.9 Å². The third-order valence-corrected chi connectivity index (χ3v) is 5.67. The number of carbonyl (C=O) groups excluding carboxylic acids is 1. The average Bonchev–Trinajstić information content (AvgIpc) is 3.05. The number of anilines is 1. The van der Waals surface area contributed by atoms with Crippen LogP contribution in [0.5, 0.6) is 5.75 Å². The Kier molecular flexibility index (Phi) is 5.23. The van der Waals surface area contributed by atoms with Gasteiger partial charge in [0.25, 0.3) is 0 Å². The summed E-state index contributed by atoms with van der Waals surface area (Å²) < 4.78 is 5.28. The Morgan fingerprint density at radius 3 is 2.96 bits per heavy atom. The zero-order valence-electron chi connectivity index (χ0n) is 15.8. The fourth-order valence-electron chi connectivity index (χ4n) is 4.25. The molecule has 2 aromatic rings. The molecule has 3 aliphatic heterocycles. The summed E-state index contributed by atoms with van der Waals surface area (Å²) in [5.41, 5.74) is 1.14. The maximum absolute atomic E-state index is 13.0. The molecule has 2 atom stereocenters. The first kappa shape index (κ1) is 17.8. The minimum atomic E-state index is 0.258. The van der Waals surface area contributed by atoms with Gasteiger partial charge in [0, 0.05) is 44.5 Å². The highest BCUT2D eigenvalue weighted by Gasteiger charge is 2.37. The van der Waals surface area contributed by atoms with Crippen molar-refractivity contribution in [3.05, 3.63) is 48.4 Å². The van der Waals surface area contributed by atoms with E-state index in [1.807, 2.05) is 24.4 Å². The molecule has 5 rings (SSSR count). The molecule has 1 amide bonds. The molecule has 1 aromatic heterocycles. The quantitative estimate of drug-likeness (QED) is 0.814. The number of carbonyl (C=O) groups is 1. The number of hydrogen-bond acceptors (Lipinski definition) is 5. The second-order valence-corrected chi connectivity index (χ2v) is 7.46. The number of fused-ring (bicyclic) bond motifs is 4. The van der Waals surface area contributed by atoms with Crippen LogP contribution >= 0.6 is 0 Å². The topological polar surface area (TPSA) is 58.6 Å². The Bertz CT molecular complexity index is 783. The van der Waals surface area contributed by atoms with Gasteiger partial charge in [0.15, 0.2) is 0 Å².